The number of likely N-dealkylation sites (tertiary alicyclic amines) is 1. The van der Waals surface area contributed by atoms with Crippen LogP contribution in [0.5, 0.6) is 0 Å². The molecule has 4 rings (SSSR count). The molecular formula is C23H29F3N4O6S. The number of rotatable bonds is 7. The number of ether oxygens (including phenoxy) is 1. The highest BCUT2D eigenvalue weighted by molar-refractivity contribution is 8.01. The second kappa shape index (κ2) is 10.5. The molecule has 2 aliphatic rings. The summed E-state index contributed by atoms with van der Waals surface area (Å²) in [6.07, 6.45) is -2.16. The zero-order valence-corrected chi connectivity index (χ0v) is 21.1. The van der Waals surface area contributed by atoms with E-state index in [1.807, 2.05) is 6.92 Å². The van der Waals surface area contributed by atoms with E-state index in [2.05, 4.69) is 10.3 Å². The van der Waals surface area contributed by atoms with Gasteiger partial charge in [0, 0.05) is 18.2 Å². The molecule has 10 nitrogen and oxygen atoms in total. The Morgan fingerprint density at radius 3 is 2.41 bits per heavy atom. The molecule has 0 unspecified atom stereocenters. The van der Waals surface area contributed by atoms with Gasteiger partial charge in [-0.1, -0.05) is 5.21 Å². The van der Waals surface area contributed by atoms with Gasteiger partial charge in [-0.25, -0.2) is 17.9 Å². The zero-order valence-electron chi connectivity index (χ0n) is 20.3. The van der Waals surface area contributed by atoms with E-state index in [0.717, 1.165) is 35.0 Å². The lowest BCUT2D eigenvalue weighted by molar-refractivity contribution is -0.179. The van der Waals surface area contributed by atoms with Gasteiger partial charge >= 0.3 is 0 Å². The van der Waals surface area contributed by atoms with Gasteiger partial charge in [0.15, 0.2) is 17.5 Å². The molecule has 4 N–H and O–H groups in total. The minimum atomic E-state index is -1.64. The minimum absolute atomic E-state index is 0.00427. The van der Waals surface area contributed by atoms with Crippen molar-refractivity contribution in [2.75, 3.05) is 13.2 Å². The third-order valence-corrected chi connectivity index (χ3v) is 8.39. The molecule has 0 radical (unpaired) electrons. The first-order chi connectivity index (χ1) is 17.3. The van der Waals surface area contributed by atoms with Crippen molar-refractivity contribution in [1.82, 2.24) is 19.9 Å². The Bertz CT molecular complexity index is 1120. The predicted molar refractivity (Wildman–Crippen MR) is 126 cm³/mol. The number of aromatic nitrogens is 3. The average Bonchev–Trinajstić information content (AvgIpc) is 3.29. The molecule has 1 aromatic carbocycles. The molecule has 0 saturated carbocycles. The molecular weight excluding hydrogens is 517 g/mol. The molecule has 1 amide bonds. The zero-order chi connectivity index (χ0) is 27.2. The average molecular weight is 547 g/mol. The van der Waals surface area contributed by atoms with Crippen LogP contribution < -0.4 is 0 Å². The van der Waals surface area contributed by atoms with Crippen LogP contribution in [0.2, 0.25) is 0 Å². The molecule has 2 fully saturated rings. The van der Waals surface area contributed by atoms with Gasteiger partial charge in [0.2, 0.25) is 5.91 Å². The molecule has 7 atom stereocenters. The fraction of sp³-hybridized carbons (Fsp3) is 0.609. The number of nitrogens with zero attached hydrogens (tertiary/aromatic N) is 4. The van der Waals surface area contributed by atoms with Crippen LogP contribution >= 0.6 is 11.8 Å². The summed E-state index contributed by atoms with van der Waals surface area (Å²) < 4.78 is 47.5. The molecule has 0 spiro atoms. The maximum Gasteiger partial charge on any atom is 0.238 e. The fourth-order valence-corrected chi connectivity index (χ4v) is 5.79. The Hall–Kier alpha value is -2.23. The monoisotopic (exact) mass is 546 g/mol. The van der Waals surface area contributed by atoms with E-state index in [0.29, 0.717) is 6.54 Å². The molecule has 0 aliphatic carbocycles. The predicted octanol–water partition coefficient (Wildman–Crippen LogP) is 0.836. The number of carbonyl (C=O) groups is 1. The lowest BCUT2D eigenvalue weighted by atomic mass is 9.97. The molecule has 1 aromatic heterocycles. The maximum absolute atomic E-state index is 13.7. The summed E-state index contributed by atoms with van der Waals surface area (Å²) in [5.41, 5.74) is -2.88. The first-order valence-electron chi connectivity index (χ1n) is 11.7. The minimum Gasteiger partial charge on any atom is -0.394 e. The lowest BCUT2D eigenvalue weighted by Crippen LogP contribution is -2.59. The highest BCUT2D eigenvalue weighted by Gasteiger charge is 2.50. The van der Waals surface area contributed by atoms with Gasteiger partial charge in [-0.15, -0.1) is 16.9 Å². The third kappa shape index (κ3) is 5.36. The highest BCUT2D eigenvalue weighted by Crippen LogP contribution is 2.40. The van der Waals surface area contributed by atoms with Crippen molar-refractivity contribution in [3.8, 4) is 11.3 Å². The van der Waals surface area contributed by atoms with E-state index in [1.165, 1.54) is 20.0 Å². The van der Waals surface area contributed by atoms with E-state index < -0.39 is 64.7 Å². The van der Waals surface area contributed by atoms with E-state index in [-0.39, 0.29) is 23.2 Å². The smallest absolute Gasteiger partial charge is 0.238 e. The van der Waals surface area contributed by atoms with Gasteiger partial charge in [0.1, 0.15) is 40.7 Å². The number of hydrogen-bond acceptors (Lipinski definition) is 9. The molecule has 2 aliphatic heterocycles. The van der Waals surface area contributed by atoms with Crippen molar-refractivity contribution < 1.29 is 43.1 Å². The van der Waals surface area contributed by atoms with Crippen LogP contribution in [0.15, 0.2) is 18.3 Å². The first kappa shape index (κ1) is 27.8. The Labute approximate surface area is 215 Å². The summed E-state index contributed by atoms with van der Waals surface area (Å²) in [5, 5.41) is 49.2. The number of hydrogen-bond donors (Lipinski definition) is 4. The van der Waals surface area contributed by atoms with E-state index in [9.17, 15) is 38.4 Å². The number of thioether (sulfide) groups is 1. The topological polar surface area (TPSA) is 141 Å². The number of halogens is 3. The Morgan fingerprint density at radius 1 is 1.24 bits per heavy atom. The fourth-order valence-electron chi connectivity index (χ4n) is 4.41. The van der Waals surface area contributed by atoms with E-state index in [4.69, 9.17) is 4.74 Å². The Balaban J connectivity index is 1.62. The lowest BCUT2D eigenvalue weighted by Gasteiger charge is -2.46. The van der Waals surface area contributed by atoms with E-state index in [1.54, 1.807) is 4.90 Å². The Kier molecular flexibility index (Phi) is 7.89. The summed E-state index contributed by atoms with van der Waals surface area (Å²) in [4.78, 5) is 14.8. The first-order valence-corrected chi connectivity index (χ1v) is 12.6. The second-order valence-corrected chi connectivity index (χ2v) is 11.1. The number of aliphatic hydroxyl groups excluding tert-OH is 3. The Morgan fingerprint density at radius 2 is 1.89 bits per heavy atom. The number of carbonyl (C=O) groups excluding carboxylic acids is 1. The third-order valence-electron chi connectivity index (χ3n) is 6.68. The van der Waals surface area contributed by atoms with Gasteiger partial charge in [-0.3, -0.25) is 4.79 Å². The summed E-state index contributed by atoms with van der Waals surface area (Å²) in [6, 6.07) is 0.217. The van der Waals surface area contributed by atoms with Crippen LogP contribution in [0.1, 0.15) is 33.2 Å². The SMILES string of the molecule is C[C@@H]1CCN1C(=O)[C@@H](S[C@@H]1O[C@H](CO)[C@H](O)[C@H](n2cc(-c3cc(F)c(F)c(F)c3)nn2)[C@H]1O)C(C)(C)O. The number of aliphatic hydroxyl groups is 4. The van der Waals surface area contributed by atoms with Crippen LogP contribution in [0.25, 0.3) is 11.3 Å². The normalized spacial score (nSPS) is 29.2. The second-order valence-electron chi connectivity index (χ2n) is 9.87. The molecule has 2 aromatic rings. The summed E-state index contributed by atoms with van der Waals surface area (Å²) in [5.74, 6) is -4.82. The van der Waals surface area contributed by atoms with Crippen LogP contribution in [0.4, 0.5) is 13.2 Å². The van der Waals surface area contributed by atoms with Crippen molar-refractivity contribution in [1.29, 1.82) is 0 Å². The van der Waals surface area contributed by atoms with Crippen LogP contribution in [-0.2, 0) is 9.53 Å². The maximum atomic E-state index is 13.7. The van der Waals surface area contributed by atoms with Crippen molar-refractivity contribution >= 4 is 17.7 Å². The molecule has 204 valence electrons. The summed E-state index contributed by atoms with van der Waals surface area (Å²) >= 11 is 0.859. The van der Waals surface area contributed by atoms with Gasteiger partial charge in [-0.05, 0) is 39.3 Å². The molecule has 0 bridgehead atoms. The molecule has 3 heterocycles. The quantitative estimate of drug-likeness (QED) is 0.372. The van der Waals surface area contributed by atoms with Gasteiger partial charge in [0.25, 0.3) is 0 Å². The van der Waals surface area contributed by atoms with Crippen LogP contribution in [0.3, 0.4) is 0 Å². The summed E-state index contributed by atoms with van der Waals surface area (Å²) in [6.45, 7) is 4.70. The largest absolute Gasteiger partial charge is 0.394 e. The van der Waals surface area contributed by atoms with Crippen LogP contribution in [0, 0.1) is 17.5 Å². The van der Waals surface area contributed by atoms with E-state index >= 15 is 0 Å². The summed E-state index contributed by atoms with van der Waals surface area (Å²) in [7, 11) is 0. The van der Waals surface area contributed by atoms with Gasteiger partial charge in [-0.2, -0.15) is 0 Å². The van der Waals surface area contributed by atoms with Gasteiger partial charge < -0.3 is 30.1 Å². The van der Waals surface area contributed by atoms with Crippen molar-refractivity contribution in [3.63, 3.8) is 0 Å². The molecule has 37 heavy (non-hydrogen) atoms. The van der Waals surface area contributed by atoms with Crippen LogP contribution in [-0.4, -0.2) is 100 Å². The number of benzene rings is 1. The van der Waals surface area contributed by atoms with Gasteiger partial charge in [0.05, 0.1) is 18.4 Å². The molecule has 14 heteroatoms. The number of amides is 1. The highest BCUT2D eigenvalue weighted by atomic mass is 32.2. The standard InChI is InChI=1S/C23H29F3N4O6S/c1-10-4-5-29(10)21(34)20(23(2,3)35)37-22-19(33)17(18(32)15(9-31)36-22)30-8-14(27-28-30)11-6-12(24)16(26)13(25)7-11/h6-8,10,15,17-20,22,31-33,35H,4-5,9H2,1-3H3/t10-,15-,17+,18+,19-,20-,22+/m1/s1. The molecule has 2 saturated heterocycles. The van der Waals surface area contributed by atoms with Crippen molar-refractivity contribution in [2.24, 2.45) is 0 Å². The van der Waals surface area contributed by atoms with Crippen molar-refractivity contribution in [3.05, 3.63) is 35.8 Å². The van der Waals surface area contributed by atoms with Crippen molar-refractivity contribution in [2.45, 2.75) is 73.9 Å².